The molecule has 2 N–H and O–H groups in total. The Morgan fingerprint density at radius 1 is 1.06 bits per heavy atom. The molecule has 0 spiro atoms. The van der Waals surface area contributed by atoms with E-state index in [0.717, 1.165) is 49.1 Å². The summed E-state index contributed by atoms with van der Waals surface area (Å²) in [6.45, 7) is 4.40. The molecular formula is C24H34FIN4O3. The van der Waals surface area contributed by atoms with Crippen LogP contribution in [0, 0.1) is 5.82 Å². The summed E-state index contributed by atoms with van der Waals surface area (Å²) < 4.78 is 29.6. The first-order valence-electron chi connectivity index (χ1n) is 10.9. The average molecular weight is 572 g/mol. The summed E-state index contributed by atoms with van der Waals surface area (Å²) >= 11 is 0. The van der Waals surface area contributed by atoms with E-state index in [1.165, 1.54) is 12.1 Å². The predicted octanol–water partition coefficient (Wildman–Crippen LogP) is 4.06. The molecule has 1 heterocycles. The molecule has 33 heavy (non-hydrogen) atoms. The molecule has 7 nitrogen and oxygen atoms in total. The van der Waals surface area contributed by atoms with Gasteiger partial charge in [0.2, 0.25) is 0 Å². The fourth-order valence-electron chi connectivity index (χ4n) is 3.67. The van der Waals surface area contributed by atoms with E-state index in [0.29, 0.717) is 18.3 Å². The third-order valence-corrected chi connectivity index (χ3v) is 5.47. The van der Waals surface area contributed by atoms with Gasteiger partial charge in [-0.15, -0.1) is 24.0 Å². The molecule has 3 rings (SSSR count). The Kier molecular flexibility index (Phi) is 10.8. The molecule has 0 aliphatic carbocycles. The summed E-state index contributed by atoms with van der Waals surface area (Å²) in [5, 5.41) is 6.82. The van der Waals surface area contributed by atoms with Gasteiger partial charge in [0.05, 0.1) is 20.8 Å². The molecule has 0 saturated carbocycles. The third-order valence-electron chi connectivity index (χ3n) is 5.47. The Labute approximate surface area is 212 Å². The highest BCUT2D eigenvalue weighted by Gasteiger charge is 2.21. The second-order valence-electron chi connectivity index (χ2n) is 7.81. The Morgan fingerprint density at radius 3 is 2.21 bits per heavy atom. The zero-order valence-corrected chi connectivity index (χ0v) is 22.0. The second-order valence-corrected chi connectivity index (χ2v) is 7.81. The first-order chi connectivity index (χ1) is 15.5. The third kappa shape index (κ3) is 8.13. The largest absolute Gasteiger partial charge is 0.497 e. The maximum absolute atomic E-state index is 13.0. The Morgan fingerprint density at radius 2 is 1.67 bits per heavy atom. The maximum Gasteiger partial charge on any atom is 0.191 e. The minimum absolute atomic E-state index is 0. The number of nitrogens with zero attached hydrogens (tertiary/aromatic N) is 2. The Balaban J connectivity index is 0.00000385. The van der Waals surface area contributed by atoms with Crippen LogP contribution in [0.15, 0.2) is 47.5 Å². The molecule has 0 radical (unpaired) electrons. The predicted molar refractivity (Wildman–Crippen MR) is 141 cm³/mol. The molecule has 0 amide bonds. The number of aliphatic imine (C=N–C) groups is 1. The quantitative estimate of drug-likeness (QED) is 0.283. The lowest BCUT2D eigenvalue weighted by Crippen LogP contribution is -2.50. The SMILES string of the molecule is CN=C(NCC(C)Oc1ccc(F)cc1)NC1CCN(c2cc(OC)cc(OC)c2)CC1.I. The molecule has 0 aromatic heterocycles. The highest BCUT2D eigenvalue weighted by atomic mass is 127. The molecule has 9 heteroatoms. The van der Waals surface area contributed by atoms with Crippen molar-refractivity contribution in [1.29, 1.82) is 0 Å². The van der Waals surface area contributed by atoms with Crippen molar-refractivity contribution in [2.45, 2.75) is 31.9 Å². The van der Waals surface area contributed by atoms with Crippen LogP contribution in [0.1, 0.15) is 19.8 Å². The van der Waals surface area contributed by atoms with E-state index >= 15 is 0 Å². The molecule has 1 unspecified atom stereocenters. The number of nitrogens with one attached hydrogen (secondary N) is 2. The number of ether oxygens (including phenoxy) is 3. The number of hydrogen-bond donors (Lipinski definition) is 2. The summed E-state index contributed by atoms with van der Waals surface area (Å²) in [6.07, 6.45) is 1.88. The lowest BCUT2D eigenvalue weighted by atomic mass is 10.0. The van der Waals surface area contributed by atoms with Crippen molar-refractivity contribution in [3.8, 4) is 17.2 Å². The molecule has 1 fully saturated rings. The van der Waals surface area contributed by atoms with Crippen molar-refractivity contribution in [3.05, 3.63) is 48.3 Å². The minimum Gasteiger partial charge on any atom is -0.497 e. The van der Waals surface area contributed by atoms with Gasteiger partial charge in [-0.2, -0.15) is 0 Å². The van der Waals surface area contributed by atoms with Crippen LogP contribution in [0.4, 0.5) is 10.1 Å². The number of anilines is 1. The van der Waals surface area contributed by atoms with Crippen molar-refractivity contribution in [2.75, 3.05) is 45.8 Å². The number of hydrogen-bond acceptors (Lipinski definition) is 5. The van der Waals surface area contributed by atoms with Gasteiger partial charge in [-0.3, -0.25) is 4.99 Å². The lowest BCUT2D eigenvalue weighted by molar-refractivity contribution is 0.223. The summed E-state index contributed by atoms with van der Waals surface area (Å²) in [5.41, 5.74) is 1.11. The molecule has 1 atom stereocenters. The first-order valence-corrected chi connectivity index (χ1v) is 10.9. The summed E-state index contributed by atoms with van der Waals surface area (Å²) in [7, 11) is 5.09. The molecular weight excluding hydrogens is 538 g/mol. The van der Waals surface area contributed by atoms with Gasteiger partial charge in [0.15, 0.2) is 5.96 Å². The number of rotatable bonds is 8. The maximum atomic E-state index is 13.0. The molecule has 2 aromatic carbocycles. The van der Waals surface area contributed by atoms with Crippen molar-refractivity contribution in [2.24, 2.45) is 4.99 Å². The van der Waals surface area contributed by atoms with E-state index in [-0.39, 0.29) is 35.9 Å². The average Bonchev–Trinajstić information content (AvgIpc) is 2.83. The van der Waals surface area contributed by atoms with Gasteiger partial charge in [-0.25, -0.2) is 4.39 Å². The normalized spacial score (nSPS) is 15.3. The number of halogens is 2. The summed E-state index contributed by atoms with van der Waals surface area (Å²) in [6, 6.07) is 12.3. The molecule has 1 saturated heterocycles. The van der Waals surface area contributed by atoms with Gasteiger partial charge in [0.25, 0.3) is 0 Å². The van der Waals surface area contributed by atoms with Gasteiger partial charge >= 0.3 is 0 Å². The van der Waals surface area contributed by atoms with Gasteiger partial charge in [0, 0.05) is 50.1 Å². The van der Waals surface area contributed by atoms with Crippen LogP contribution in [-0.4, -0.2) is 59.0 Å². The number of methoxy groups -OCH3 is 2. The summed E-state index contributed by atoms with van der Waals surface area (Å²) in [5.74, 6) is 2.71. The van der Waals surface area contributed by atoms with E-state index in [9.17, 15) is 4.39 Å². The van der Waals surface area contributed by atoms with E-state index in [2.05, 4.69) is 20.5 Å². The lowest BCUT2D eigenvalue weighted by Gasteiger charge is -2.35. The fraction of sp³-hybridized carbons (Fsp3) is 0.458. The van der Waals surface area contributed by atoms with Crippen molar-refractivity contribution in [1.82, 2.24) is 10.6 Å². The van der Waals surface area contributed by atoms with Crippen LogP contribution < -0.4 is 29.7 Å². The van der Waals surface area contributed by atoms with Crippen LogP contribution in [0.5, 0.6) is 17.2 Å². The molecule has 1 aliphatic rings. The van der Waals surface area contributed by atoms with E-state index < -0.39 is 0 Å². The topological polar surface area (TPSA) is 67.4 Å². The smallest absolute Gasteiger partial charge is 0.191 e. The standard InChI is InChI=1S/C24H33FN4O3.HI/c1-17(32-21-7-5-18(25)6-8-21)16-27-24(26-2)28-19-9-11-29(12-10-19)20-13-22(30-3)15-23(14-20)31-4;/h5-8,13-15,17,19H,9-12,16H2,1-4H3,(H2,26,27,28);1H. The van der Waals surface area contributed by atoms with Crippen molar-refractivity contribution in [3.63, 3.8) is 0 Å². The Bertz CT molecular complexity index is 868. The van der Waals surface area contributed by atoms with Crippen molar-refractivity contribution < 1.29 is 18.6 Å². The zero-order chi connectivity index (χ0) is 22.9. The van der Waals surface area contributed by atoms with E-state index in [1.54, 1.807) is 33.4 Å². The Hall–Kier alpha value is -2.43. The van der Waals surface area contributed by atoms with E-state index in [1.807, 2.05) is 25.1 Å². The second kappa shape index (κ2) is 13.3. The van der Waals surface area contributed by atoms with Crippen LogP contribution in [0.3, 0.4) is 0 Å². The molecule has 1 aliphatic heterocycles. The molecule has 182 valence electrons. The fourth-order valence-corrected chi connectivity index (χ4v) is 3.67. The van der Waals surface area contributed by atoms with E-state index in [4.69, 9.17) is 14.2 Å². The summed E-state index contributed by atoms with van der Waals surface area (Å²) in [4.78, 5) is 6.68. The zero-order valence-electron chi connectivity index (χ0n) is 19.6. The minimum atomic E-state index is -0.274. The van der Waals surface area contributed by atoms with Crippen LogP contribution in [-0.2, 0) is 0 Å². The molecule has 2 aromatic rings. The monoisotopic (exact) mass is 572 g/mol. The number of piperidine rings is 1. The van der Waals surface area contributed by atoms with Crippen LogP contribution in [0.2, 0.25) is 0 Å². The van der Waals surface area contributed by atoms with Gasteiger partial charge in [0.1, 0.15) is 29.2 Å². The van der Waals surface area contributed by atoms with Gasteiger partial charge in [-0.05, 0) is 44.0 Å². The van der Waals surface area contributed by atoms with Crippen LogP contribution >= 0.6 is 24.0 Å². The first kappa shape index (κ1) is 26.8. The van der Waals surface area contributed by atoms with Gasteiger partial charge in [-0.1, -0.05) is 0 Å². The highest BCUT2D eigenvalue weighted by Crippen LogP contribution is 2.30. The number of benzene rings is 2. The molecule has 0 bridgehead atoms. The number of guanidine groups is 1. The highest BCUT2D eigenvalue weighted by molar-refractivity contribution is 14.0. The van der Waals surface area contributed by atoms with Gasteiger partial charge < -0.3 is 29.7 Å². The van der Waals surface area contributed by atoms with Crippen molar-refractivity contribution >= 4 is 35.6 Å². The van der Waals surface area contributed by atoms with Crippen LogP contribution in [0.25, 0.3) is 0 Å².